The Morgan fingerprint density at radius 1 is 1.47 bits per heavy atom. The molecule has 2 rings (SSSR count). The fourth-order valence-electron chi connectivity index (χ4n) is 1.97. The summed E-state index contributed by atoms with van der Waals surface area (Å²) in [5, 5.41) is 0. The Balaban J connectivity index is 2.01. The van der Waals surface area contributed by atoms with Crippen molar-refractivity contribution in [3.8, 4) is 0 Å². The zero-order chi connectivity index (χ0) is 12.4. The highest BCUT2D eigenvalue weighted by Gasteiger charge is 2.30. The van der Waals surface area contributed by atoms with E-state index in [4.69, 9.17) is 0 Å². The van der Waals surface area contributed by atoms with E-state index in [2.05, 4.69) is 0 Å². The molecule has 1 unspecified atom stereocenters. The minimum atomic E-state index is -0.203. The number of carbonyl (C=O) groups excluding carboxylic acids is 1. The minimum Gasteiger partial charge on any atom is -0.298 e. The van der Waals surface area contributed by atoms with Gasteiger partial charge in [0.05, 0.1) is 6.54 Å². The van der Waals surface area contributed by atoms with Crippen molar-refractivity contribution in [1.82, 2.24) is 4.90 Å². The molecule has 1 atom stereocenters. The predicted molar refractivity (Wildman–Crippen MR) is 65.2 cm³/mol. The van der Waals surface area contributed by atoms with Crippen molar-refractivity contribution in [3.05, 3.63) is 35.6 Å². The van der Waals surface area contributed by atoms with Gasteiger partial charge in [0.25, 0.3) is 0 Å². The van der Waals surface area contributed by atoms with Crippen LogP contribution in [0, 0.1) is 11.7 Å². The second kappa shape index (κ2) is 4.96. The Morgan fingerprint density at radius 3 is 2.71 bits per heavy atom. The number of nitrogens with zero attached hydrogens (tertiary/aromatic N) is 1. The summed E-state index contributed by atoms with van der Waals surface area (Å²) in [5.41, 5.74) is 0.651. The largest absolute Gasteiger partial charge is 0.298 e. The van der Waals surface area contributed by atoms with Crippen molar-refractivity contribution in [2.24, 2.45) is 5.92 Å². The lowest BCUT2D eigenvalue weighted by molar-refractivity contribution is -0.121. The van der Waals surface area contributed by atoms with Crippen LogP contribution in [0.2, 0.25) is 0 Å². The van der Waals surface area contributed by atoms with E-state index >= 15 is 0 Å². The zero-order valence-electron chi connectivity index (χ0n) is 10.3. The van der Waals surface area contributed by atoms with E-state index < -0.39 is 0 Å². The Kier molecular flexibility index (Phi) is 3.57. The molecule has 1 saturated carbocycles. The van der Waals surface area contributed by atoms with Gasteiger partial charge in [-0.3, -0.25) is 9.69 Å². The first kappa shape index (κ1) is 12.2. The molecule has 1 aromatic rings. The maximum Gasteiger partial charge on any atom is 0.149 e. The molecule has 1 aromatic carbocycles. The van der Waals surface area contributed by atoms with Crippen molar-refractivity contribution in [1.29, 1.82) is 0 Å². The summed E-state index contributed by atoms with van der Waals surface area (Å²) in [5.74, 6) is 0.353. The first-order valence-electron chi connectivity index (χ1n) is 6.07. The lowest BCUT2D eigenvalue weighted by Gasteiger charge is -2.24. The van der Waals surface area contributed by atoms with Gasteiger partial charge in [0.1, 0.15) is 11.6 Å². The summed E-state index contributed by atoms with van der Waals surface area (Å²) in [6.07, 6.45) is 2.06. The van der Waals surface area contributed by atoms with Crippen molar-refractivity contribution in [3.63, 3.8) is 0 Å². The first-order valence-corrected chi connectivity index (χ1v) is 6.07. The molecule has 0 amide bonds. The van der Waals surface area contributed by atoms with Crippen LogP contribution in [0.3, 0.4) is 0 Å². The number of halogens is 1. The Morgan fingerprint density at radius 2 is 2.12 bits per heavy atom. The van der Waals surface area contributed by atoms with E-state index in [0.717, 1.165) is 12.8 Å². The van der Waals surface area contributed by atoms with Gasteiger partial charge in [0.15, 0.2) is 0 Å². The molecule has 1 aliphatic rings. The molecule has 0 N–H and O–H groups in total. The van der Waals surface area contributed by atoms with Gasteiger partial charge >= 0.3 is 0 Å². The fourth-order valence-corrected chi connectivity index (χ4v) is 1.97. The van der Waals surface area contributed by atoms with E-state index in [1.54, 1.807) is 12.1 Å². The van der Waals surface area contributed by atoms with E-state index in [9.17, 15) is 9.18 Å². The van der Waals surface area contributed by atoms with Gasteiger partial charge in [0, 0.05) is 17.5 Å². The Hall–Kier alpha value is -1.22. The quantitative estimate of drug-likeness (QED) is 0.782. The third-order valence-electron chi connectivity index (χ3n) is 3.45. The van der Waals surface area contributed by atoms with Crippen LogP contribution < -0.4 is 0 Å². The van der Waals surface area contributed by atoms with Crippen LogP contribution in [0.1, 0.15) is 31.4 Å². The molecule has 1 fully saturated rings. The van der Waals surface area contributed by atoms with Crippen LogP contribution in [0.15, 0.2) is 24.3 Å². The van der Waals surface area contributed by atoms with Crippen molar-refractivity contribution < 1.29 is 9.18 Å². The summed E-state index contributed by atoms with van der Waals surface area (Å²) >= 11 is 0. The van der Waals surface area contributed by atoms with Crippen molar-refractivity contribution >= 4 is 5.78 Å². The van der Waals surface area contributed by atoms with Crippen LogP contribution in [-0.4, -0.2) is 24.3 Å². The standard InChI is InChI=1S/C14H18FNO/c1-10(12-5-3-4-6-13(12)15)16(2)9-14(17)11-7-8-11/h3-6,10-11H,7-9H2,1-2H3. The van der Waals surface area contributed by atoms with Crippen LogP contribution in [0.25, 0.3) is 0 Å². The number of benzene rings is 1. The van der Waals surface area contributed by atoms with Crippen LogP contribution in [0.5, 0.6) is 0 Å². The molecule has 92 valence electrons. The summed E-state index contributed by atoms with van der Waals surface area (Å²) in [6, 6.07) is 6.67. The highest BCUT2D eigenvalue weighted by atomic mass is 19.1. The number of rotatable bonds is 5. The van der Waals surface area contributed by atoms with Crippen molar-refractivity contribution in [2.75, 3.05) is 13.6 Å². The average Bonchev–Trinajstić information content (AvgIpc) is 3.12. The molecule has 17 heavy (non-hydrogen) atoms. The van der Waals surface area contributed by atoms with E-state index in [0.29, 0.717) is 12.1 Å². The van der Waals surface area contributed by atoms with E-state index in [1.165, 1.54) is 6.07 Å². The third kappa shape index (κ3) is 2.91. The van der Waals surface area contributed by atoms with E-state index in [1.807, 2.05) is 24.9 Å². The monoisotopic (exact) mass is 235 g/mol. The van der Waals surface area contributed by atoms with Gasteiger partial charge in [-0.1, -0.05) is 18.2 Å². The normalized spacial score (nSPS) is 17.2. The smallest absolute Gasteiger partial charge is 0.149 e. The van der Waals surface area contributed by atoms with Gasteiger partial charge in [-0.25, -0.2) is 4.39 Å². The fraction of sp³-hybridized carbons (Fsp3) is 0.500. The van der Waals surface area contributed by atoms with Gasteiger partial charge in [0.2, 0.25) is 0 Å². The van der Waals surface area contributed by atoms with Crippen molar-refractivity contribution in [2.45, 2.75) is 25.8 Å². The van der Waals surface area contributed by atoms with Crippen LogP contribution >= 0.6 is 0 Å². The number of Topliss-reactive ketones (excluding diaryl/α,β-unsaturated/α-hetero) is 1. The van der Waals surface area contributed by atoms with Gasteiger partial charge in [-0.2, -0.15) is 0 Å². The highest BCUT2D eigenvalue weighted by Crippen LogP contribution is 2.31. The van der Waals surface area contributed by atoms with E-state index in [-0.39, 0.29) is 23.6 Å². The first-order chi connectivity index (χ1) is 8.09. The molecule has 1 aliphatic carbocycles. The molecule has 3 heteroatoms. The maximum absolute atomic E-state index is 13.6. The lowest BCUT2D eigenvalue weighted by atomic mass is 10.1. The molecule has 0 saturated heterocycles. The van der Waals surface area contributed by atoms with Crippen LogP contribution in [0.4, 0.5) is 4.39 Å². The molecule has 0 aliphatic heterocycles. The molecule has 0 spiro atoms. The summed E-state index contributed by atoms with van der Waals surface area (Å²) < 4.78 is 13.6. The maximum atomic E-state index is 13.6. The summed E-state index contributed by atoms with van der Waals surface area (Å²) in [7, 11) is 1.87. The Bertz CT molecular complexity index is 414. The number of hydrogen-bond acceptors (Lipinski definition) is 2. The molecule has 0 radical (unpaired) electrons. The van der Waals surface area contributed by atoms with Gasteiger partial charge < -0.3 is 0 Å². The third-order valence-corrected chi connectivity index (χ3v) is 3.45. The molecule has 0 heterocycles. The van der Waals surface area contributed by atoms with Gasteiger partial charge in [-0.05, 0) is 32.9 Å². The number of carbonyl (C=O) groups is 1. The molecule has 0 bridgehead atoms. The number of ketones is 1. The summed E-state index contributed by atoms with van der Waals surface area (Å²) in [6.45, 7) is 2.35. The predicted octanol–water partition coefficient (Wildman–Crippen LogP) is 2.80. The molecule has 0 aromatic heterocycles. The summed E-state index contributed by atoms with van der Waals surface area (Å²) in [4.78, 5) is 13.6. The minimum absolute atomic E-state index is 0.0705. The molecule has 2 nitrogen and oxygen atoms in total. The Labute approximate surface area is 101 Å². The molecular formula is C14H18FNO. The second-order valence-electron chi connectivity index (χ2n) is 4.85. The molecular weight excluding hydrogens is 217 g/mol. The van der Waals surface area contributed by atoms with Crippen LogP contribution in [-0.2, 0) is 4.79 Å². The second-order valence-corrected chi connectivity index (χ2v) is 4.85. The number of likely N-dealkylation sites (N-methyl/N-ethyl adjacent to an activating group) is 1. The topological polar surface area (TPSA) is 20.3 Å². The number of hydrogen-bond donors (Lipinski definition) is 0. The average molecular weight is 235 g/mol. The van der Waals surface area contributed by atoms with Gasteiger partial charge in [-0.15, -0.1) is 0 Å². The SMILES string of the molecule is CC(c1ccccc1F)N(C)CC(=O)C1CC1. The lowest BCUT2D eigenvalue weighted by Crippen LogP contribution is -2.30. The highest BCUT2D eigenvalue weighted by molar-refractivity contribution is 5.85. The zero-order valence-corrected chi connectivity index (χ0v) is 10.3.